The first-order valence-corrected chi connectivity index (χ1v) is 11.2. The number of aromatic nitrogens is 6. The predicted molar refractivity (Wildman–Crippen MR) is 120 cm³/mol. The lowest BCUT2D eigenvalue weighted by Crippen LogP contribution is -2.43. The number of carbonyl (C=O) groups excluding carboxylic acids is 1. The number of amides is 1. The molecule has 1 amide bonds. The molecule has 1 aliphatic heterocycles. The highest BCUT2D eigenvalue weighted by Crippen LogP contribution is 2.30. The Morgan fingerprint density at radius 2 is 1.76 bits per heavy atom. The van der Waals surface area contributed by atoms with Gasteiger partial charge >= 0.3 is 0 Å². The van der Waals surface area contributed by atoms with Gasteiger partial charge in [0.15, 0.2) is 0 Å². The van der Waals surface area contributed by atoms with Crippen LogP contribution in [0.4, 0.5) is 0 Å². The fraction of sp³-hybridized carbons (Fsp3) is 0.333. The second kappa shape index (κ2) is 9.32. The van der Waals surface area contributed by atoms with Gasteiger partial charge in [0, 0.05) is 31.0 Å². The topological polar surface area (TPSA) is 103 Å². The average molecular weight is 444 g/mol. The number of likely N-dealkylation sites (tertiary alicyclic amines) is 1. The second-order valence-corrected chi connectivity index (χ2v) is 8.30. The Kier molecular flexibility index (Phi) is 5.93. The monoisotopic (exact) mass is 443 g/mol. The highest BCUT2D eigenvalue weighted by atomic mass is 16.5. The molecule has 5 rings (SSSR count). The number of nitrogens with zero attached hydrogens (tertiary/aromatic N) is 7. The SMILES string of the molecule is Cc1nnnn1C(Cc1ccccc1)C(=O)N1CCC(c2nc(-c3ccccc3)no2)CC1. The molecule has 168 valence electrons. The molecule has 9 nitrogen and oxygen atoms in total. The first kappa shape index (κ1) is 21.0. The Labute approximate surface area is 191 Å². The van der Waals surface area contributed by atoms with E-state index in [1.807, 2.05) is 72.5 Å². The summed E-state index contributed by atoms with van der Waals surface area (Å²) in [6.07, 6.45) is 2.08. The van der Waals surface area contributed by atoms with E-state index >= 15 is 0 Å². The molecule has 33 heavy (non-hydrogen) atoms. The molecule has 9 heteroatoms. The summed E-state index contributed by atoms with van der Waals surface area (Å²) in [5.74, 6) is 2.03. The van der Waals surface area contributed by atoms with E-state index in [-0.39, 0.29) is 11.8 Å². The lowest BCUT2D eigenvalue weighted by Gasteiger charge is -2.33. The van der Waals surface area contributed by atoms with Crippen molar-refractivity contribution in [2.24, 2.45) is 0 Å². The molecule has 0 spiro atoms. The molecule has 0 aliphatic carbocycles. The van der Waals surface area contributed by atoms with Crippen molar-refractivity contribution in [3.63, 3.8) is 0 Å². The van der Waals surface area contributed by atoms with Gasteiger partial charge in [0.05, 0.1) is 0 Å². The third-order valence-corrected chi connectivity index (χ3v) is 6.14. The van der Waals surface area contributed by atoms with Gasteiger partial charge < -0.3 is 9.42 Å². The Hall–Kier alpha value is -3.88. The number of benzene rings is 2. The molecule has 1 saturated heterocycles. The summed E-state index contributed by atoms with van der Waals surface area (Å²) in [6, 6.07) is 19.3. The van der Waals surface area contributed by atoms with Crippen LogP contribution in [-0.4, -0.2) is 54.2 Å². The van der Waals surface area contributed by atoms with Crippen LogP contribution in [-0.2, 0) is 11.2 Å². The fourth-order valence-electron chi connectivity index (χ4n) is 4.31. The summed E-state index contributed by atoms with van der Waals surface area (Å²) >= 11 is 0. The lowest BCUT2D eigenvalue weighted by atomic mass is 9.95. The van der Waals surface area contributed by atoms with E-state index in [4.69, 9.17) is 4.52 Å². The third kappa shape index (κ3) is 4.52. The maximum Gasteiger partial charge on any atom is 0.247 e. The summed E-state index contributed by atoms with van der Waals surface area (Å²) in [4.78, 5) is 20.1. The highest BCUT2D eigenvalue weighted by Gasteiger charge is 2.33. The molecular formula is C24H25N7O2. The van der Waals surface area contributed by atoms with Crippen LogP contribution in [0.2, 0.25) is 0 Å². The van der Waals surface area contributed by atoms with Crippen molar-refractivity contribution < 1.29 is 9.32 Å². The predicted octanol–water partition coefficient (Wildman–Crippen LogP) is 3.22. The number of carbonyl (C=O) groups is 1. The van der Waals surface area contributed by atoms with Crippen LogP contribution < -0.4 is 0 Å². The molecule has 1 unspecified atom stereocenters. The zero-order valence-corrected chi connectivity index (χ0v) is 18.4. The van der Waals surface area contributed by atoms with E-state index in [1.54, 1.807) is 4.68 Å². The van der Waals surface area contributed by atoms with Crippen LogP contribution in [0.15, 0.2) is 65.2 Å². The van der Waals surface area contributed by atoms with Gasteiger partial charge in [0.1, 0.15) is 11.9 Å². The summed E-state index contributed by atoms with van der Waals surface area (Å²) in [7, 11) is 0. The number of aryl methyl sites for hydroxylation is 1. The Bertz CT molecular complexity index is 1200. The molecule has 0 N–H and O–H groups in total. The zero-order chi connectivity index (χ0) is 22.6. The summed E-state index contributed by atoms with van der Waals surface area (Å²) in [6.45, 7) is 3.06. The molecule has 3 heterocycles. The van der Waals surface area contributed by atoms with Gasteiger partial charge in [-0.05, 0) is 35.8 Å². The van der Waals surface area contributed by atoms with E-state index in [2.05, 4.69) is 25.7 Å². The standard InChI is InChI=1S/C24H25N7O2/c1-17-26-28-29-31(17)21(16-18-8-4-2-5-9-18)24(32)30-14-12-20(13-15-30)23-25-22(27-33-23)19-10-6-3-7-11-19/h2-11,20-21H,12-16H2,1H3. The Morgan fingerprint density at radius 1 is 1.06 bits per heavy atom. The first-order chi connectivity index (χ1) is 16.2. The van der Waals surface area contributed by atoms with Crippen LogP contribution in [0, 0.1) is 6.92 Å². The van der Waals surface area contributed by atoms with Gasteiger partial charge in [-0.15, -0.1) is 5.10 Å². The fourth-order valence-corrected chi connectivity index (χ4v) is 4.31. The van der Waals surface area contributed by atoms with Crippen molar-refractivity contribution in [3.05, 3.63) is 77.9 Å². The van der Waals surface area contributed by atoms with Crippen molar-refractivity contribution in [3.8, 4) is 11.4 Å². The quantitative estimate of drug-likeness (QED) is 0.451. The van der Waals surface area contributed by atoms with E-state index in [0.29, 0.717) is 37.0 Å². The number of hydrogen-bond acceptors (Lipinski definition) is 7. The maximum absolute atomic E-state index is 13.5. The van der Waals surface area contributed by atoms with Crippen LogP contribution in [0.25, 0.3) is 11.4 Å². The molecule has 1 fully saturated rings. The van der Waals surface area contributed by atoms with Gasteiger partial charge in [0.25, 0.3) is 0 Å². The number of hydrogen-bond donors (Lipinski definition) is 0. The van der Waals surface area contributed by atoms with Crippen molar-refractivity contribution in [2.75, 3.05) is 13.1 Å². The zero-order valence-electron chi connectivity index (χ0n) is 18.4. The molecule has 2 aromatic carbocycles. The van der Waals surface area contributed by atoms with Gasteiger partial charge in [0.2, 0.25) is 17.6 Å². The van der Waals surface area contributed by atoms with Crippen molar-refractivity contribution in [2.45, 2.75) is 38.1 Å². The highest BCUT2D eigenvalue weighted by molar-refractivity contribution is 5.81. The second-order valence-electron chi connectivity index (χ2n) is 8.30. The minimum Gasteiger partial charge on any atom is -0.341 e. The number of tetrazole rings is 1. The summed E-state index contributed by atoms with van der Waals surface area (Å²) < 4.78 is 7.19. The minimum absolute atomic E-state index is 0.0307. The molecular weight excluding hydrogens is 418 g/mol. The lowest BCUT2D eigenvalue weighted by molar-refractivity contribution is -0.136. The van der Waals surface area contributed by atoms with E-state index in [1.165, 1.54) is 0 Å². The Morgan fingerprint density at radius 3 is 2.42 bits per heavy atom. The van der Waals surface area contributed by atoms with E-state index in [0.717, 1.165) is 24.0 Å². The molecule has 4 aromatic rings. The molecule has 0 bridgehead atoms. The van der Waals surface area contributed by atoms with Gasteiger partial charge in [-0.2, -0.15) is 4.98 Å². The number of piperidine rings is 1. The van der Waals surface area contributed by atoms with Gasteiger partial charge in [-0.25, -0.2) is 4.68 Å². The van der Waals surface area contributed by atoms with Gasteiger partial charge in [-0.3, -0.25) is 4.79 Å². The summed E-state index contributed by atoms with van der Waals surface area (Å²) in [5.41, 5.74) is 2.00. The average Bonchev–Trinajstić information content (AvgIpc) is 3.53. The van der Waals surface area contributed by atoms with Crippen LogP contribution in [0.3, 0.4) is 0 Å². The molecule has 0 saturated carbocycles. The summed E-state index contributed by atoms with van der Waals surface area (Å²) in [5, 5.41) is 16.0. The molecule has 0 radical (unpaired) electrons. The van der Waals surface area contributed by atoms with Crippen LogP contribution in [0.5, 0.6) is 0 Å². The van der Waals surface area contributed by atoms with E-state index in [9.17, 15) is 4.79 Å². The van der Waals surface area contributed by atoms with Crippen LogP contribution in [0.1, 0.15) is 42.1 Å². The minimum atomic E-state index is -0.480. The van der Waals surface area contributed by atoms with Crippen LogP contribution >= 0.6 is 0 Å². The first-order valence-electron chi connectivity index (χ1n) is 11.2. The van der Waals surface area contributed by atoms with Crippen molar-refractivity contribution in [1.29, 1.82) is 0 Å². The molecule has 1 atom stereocenters. The largest absolute Gasteiger partial charge is 0.341 e. The van der Waals surface area contributed by atoms with Crippen molar-refractivity contribution in [1.82, 2.24) is 35.2 Å². The smallest absolute Gasteiger partial charge is 0.247 e. The normalized spacial score (nSPS) is 15.5. The van der Waals surface area contributed by atoms with E-state index < -0.39 is 6.04 Å². The number of rotatable bonds is 6. The molecule has 1 aliphatic rings. The molecule has 2 aromatic heterocycles. The Balaban J connectivity index is 1.28. The maximum atomic E-state index is 13.5. The van der Waals surface area contributed by atoms with Crippen molar-refractivity contribution >= 4 is 5.91 Å². The van der Waals surface area contributed by atoms with Gasteiger partial charge in [-0.1, -0.05) is 65.8 Å². The third-order valence-electron chi connectivity index (χ3n) is 6.14.